The van der Waals surface area contributed by atoms with E-state index in [-0.39, 0.29) is 24.3 Å². The van der Waals surface area contributed by atoms with Crippen LogP contribution in [0.5, 0.6) is 5.75 Å². The smallest absolute Gasteiger partial charge is 0.260 e. The summed E-state index contributed by atoms with van der Waals surface area (Å²) in [7, 11) is 0. The summed E-state index contributed by atoms with van der Waals surface area (Å²) >= 11 is 0. The molecule has 26 heavy (non-hydrogen) atoms. The molecule has 1 saturated heterocycles. The van der Waals surface area contributed by atoms with Gasteiger partial charge in [-0.3, -0.25) is 9.59 Å². The molecule has 2 aromatic rings. The zero-order chi connectivity index (χ0) is 18.5. The molecule has 2 heterocycles. The molecular formula is C19H23N3O4. The zero-order valence-electron chi connectivity index (χ0n) is 15.0. The first-order valence-corrected chi connectivity index (χ1v) is 8.72. The number of aromatic nitrogens is 1. The van der Waals surface area contributed by atoms with Crippen molar-refractivity contribution in [1.29, 1.82) is 0 Å². The van der Waals surface area contributed by atoms with E-state index in [1.54, 1.807) is 17.9 Å². The number of benzene rings is 1. The van der Waals surface area contributed by atoms with Crippen molar-refractivity contribution < 1.29 is 18.8 Å². The molecule has 7 nitrogen and oxygen atoms in total. The Hall–Kier alpha value is -2.83. The van der Waals surface area contributed by atoms with Gasteiger partial charge in [-0.2, -0.15) is 0 Å². The number of likely N-dealkylation sites (tertiary alicyclic amines) is 1. The molecule has 138 valence electrons. The number of carbonyl (C=O) groups excluding carboxylic acids is 2. The van der Waals surface area contributed by atoms with Gasteiger partial charge in [0.1, 0.15) is 11.5 Å². The van der Waals surface area contributed by atoms with Gasteiger partial charge in [-0.05, 0) is 38.8 Å². The number of nitrogens with zero attached hydrogens (tertiary/aromatic N) is 2. The van der Waals surface area contributed by atoms with Crippen molar-refractivity contribution in [2.75, 3.05) is 25.0 Å². The molecule has 3 rings (SSSR count). The van der Waals surface area contributed by atoms with Crippen LogP contribution in [0.25, 0.3) is 0 Å². The average Bonchev–Trinajstić information content (AvgIpc) is 3.06. The van der Waals surface area contributed by atoms with Gasteiger partial charge >= 0.3 is 0 Å². The summed E-state index contributed by atoms with van der Waals surface area (Å²) in [5, 5.41) is 6.52. The van der Waals surface area contributed by atoms with Crippen molar-refractivity contribution in [2.45, 2.75) is 26.7 Å². The molecule has 1 aliphatic heterocycles. The second kappa shape index (κ2) is 8.03. The minimum Gasteiger partial charge on any atom is -0.484 e. The summed E-state index contributed by atoms with van der Waals surface area (Å²) in [6.07, 6.45) is 1.25. The summed E-state index contributed by atoms with van der Waals surface area (Å²) in [6.45, 7) is 4.88. The molecule has 7 heteroatoms. The van der Waals surface area contributed by atoms with Gasteiger partial charge in [0.05, 0.1) is 0 Å². The predicted molar refractivity (Wildman–Crippen MR) is 95.8 cm³/mol. The van der Waals surface area contributed by atoms with Crippen molar-refractivity contribution in [3.05, 3.63) is 41.7 Å². The van der Waals surface area contributed by atoms with Crippen LogP contribution in [0.4, 0.5) is 5.82 Å². The van der Waals surface area contributed by atoms with Crippen LogP contribution in [0.3, 0.4) is 0 Å². The third-order valence-electron chi connectivity index (χ3n) is 4.48. The summed E-state index contributed by atoms with van der Waals surface area (Å²) in [4.78, 5) is 26.3. The minimum absolute atomic E-state index is 0.0120. The molecule has 0 saturated carbocycles. The fourth-order valence-electron chi connectivity index (χ4n) is 2.92. The Morgan fingerprint density at radius 3 is 2.54 bits per heavy atom. The molecule has 0 radical (unpaired) electrons. The number of hydrogen-bond acceptors (Lipinski definition) is 5. The Kier molecular flexibility index (Phi) is 5.55. The van der Waals surface area contributed by atoms with E-state index in [9.17, 15) is 9.59 Å². The summed E-state index contributed by atoms with van der Waals surface area (Å²) in [5.74, 6) is 1.49. The third-order valence-corrected chi connectivity index (χ3v) is 4.48. The SMILES string of the molecule is Cc1ccc(OCC(=O)N2CCC(C(=O)Nc3cc(C)on3)CC2)cc1. The largest absolute Gasteiger partial charge is 0.484 e. The van der Waals surface area contributed by atoms with E-state index in [1.165, 1.54) is 0 Å². The first kappa shape index (κ1) is 18.0. The minimum atomic E-state index is -0.130. The quantitative estimate of drug-likeness (QED) is 0.889. The van der Waals surface area contributed by atoms with Crippen LogP contribution in [0.15, 0.2) is 34.9 Å². The fourth-order valence-corrected chi connectivity index (χ4v) is 2.92. The van der Waals surface area contributed by atoms with E-state index in [2.05, 4.69) is 10.5 Å². The number of ether oxygens (including phenoxy) is 1. The zero-order valence-corrected chi connectivity index (χ0v) is 15.0. The molecular weight excluding hydrogens is 334 g/mol. The van der Waals surface area contributed by atoms with Gasteiger partial charge in [0.15, 0.2) is 12.4 Å². The van der Waals surface area contributed by atoms with Crippen molar-refractivity contribution in [1.82, 2.24) is 10.1 Å². The number of rotatable bonds is 5. The maximum atomic E-state index is 12.3. The van der Waals surface area contributed by atoms with Gasteiger partial charge in [-0.25, -0.2) is 0 Å². The second-order valence-electron chi connectivity index (χ2n) is 6.57. The summed E-state index contributed by atoms with van der Waals surface area (Å²) in [6, 6.07) is 9.27. The molecule has 1 aliphatic rings. The number of carbonyl (C=O) groups is 2. The summed E-state index contributed by atoms with van der Waals surface area (Å²) in [5.41, 5.74) is 1.14. The Morgan fingerprint density at radius 2 is 1.92 bits per heavy atom. The number of aryl methyl sites for hydroxylation is 2. The molecule has 1 fully saturated rings. The van der Waals surface area contributed by atoms with Crippen LogP contribution in [-0.4, -0.2) is 41.6 Å². The van der Waals surface area contributed by atoms with Crippen LogP contribution in [0.1, 0.15) is 24.2 Å². The first-order valence-electron chi connectivity index (χ1n) is 8.72. The van der Waals surface area contributed by atoms with Gasteiger partial charge in [-0.1, -0.05) is 22.9 Å². The van der Waals surface area contributed by atoms with Crippen LogP contribution >= 0.6 is 0 Å². The molecule has 2 amide bonds. The van der Waals surface area contributed by atoms with E-state index in [0.717, 1.165) is 5.56 Å². The molecule has 1 aromatic heterocycles. The number of hydrogen-bond donors (Lipinski definition) is 1. The molecule has 0 unspecified atom stereocenters. The highest BCUT2D eigenvalue weighted by Crippen LogP contribution is 2.20. The van der Waals surface area contributed by atoms with Gasteiger partial charge in [-0.15, -0.1) is 0 Å². The van der Waals surface area contributed by atoms with Crippen LogP contribution in [-0.2, 0) is 9.59 Å². The van der Waals surface area contributed by atoms with E-state index < -0.39 is 0 Å². The number of piperidine rings is 1. The van der Waals surface area contributed by atoms with Gasteiger partial charge in [0, 0.05) is 25.1 Å². The fraction of sp³-hybridized carbons (Fsp3) is 0.421. The monoisotopic (exact) mass is 357 g/mol. The van der Waals surface area contributed by atoms with Crippen molar-refractivity contribution in [3.8, 4) is 5.75 Å². The lowest BCUT2D eigenvalue weighted by Gasteiger charge is -2.31. The highest BCUT2D eigenvalue weighted by Gasteiger charge is 2.28. The first-order chi connectivity index (χ1) is 12.5. The average molecular weight is 357 g/mol. The lowest BCUT2D eigenvalue weighted by Crippen LogP contribution is -2.43. The highest BCUT2D eigenvalue weighted by atomic mass is 16.5. The van der Waals surface area contributed by atoms with Crippen LogP contribution < -0.4 is 10.1 Å². The normalized spacial score (nSPS) is 14.9. The van der Waals surface area contributed by atoms with Crippen molar-refractivity contribution in [3.63, 3.8) is 0 Å². The molecule has 1 aromatic carbocycles. The highest BCUT2D eigenvalue weighted by molar-refractivity contribution is 5.91. The van der Waals surface area contributed by atoms with Gasteiger partial charge in [0.2, 0.25) is 5.91 Å². The second-order valence-corrected chi connectivity index (χ2v) is 6.57. The lowest BCUT2D eigenvalue weighted by atomic mass is 9.96. The van der Waals surface area contributed by atoms with Gasteiger partial charge < -0.3 is 19.5 Å². The lowest BCUT2D eigenvalue weighted by molar-refractivity contribution is -0.136. The standard InChI is InChI=1S/C19H23N3O4/c1-13-3-5-16(6-4-13)25-12-18(23)22-9-7-15(8-10-22)19(24)20-17-11-14(2)26-21-17/h3-6,11,15H,7-10,12H2,1-2H3,(H,20,21,24). The molecule has 0 atom stereocenters. The Morgan fingerprint density at radius 1 is 1.23 bits per heavy atom. The molecule has 0 aliphatic carbocycles. The number of amides is 2. The Balaban J connectivity index is 1.43. The van der Waals surface area contributed by atoms with Gasteiger partial charge in [0.25, 0.3) is 5.91 Å². The van der Waals surface area contributed by atoms with E-state index >= 15 is 0 Å². The van der Waals surface area contributed by atoms with Crippen LogP contribution in [0, 0.1) is 19.8 Å². The topological polar surface area (TPSA) is 84.7 Å². The maximum Gasteiger partial charge on any atom is 0.260 e. The molecule has 0 spiro atoms. The Labute approximate surface area is 152 Å². The Bertz CT molecular complexity index is 761. The predicted octanol–water partition coefficient (Wildman–Crippen LogP) is 2.55. The molecule has 1 N–H and O–H groups in total. The maximum absolute atomic E-state index is 12.3. The molecule has 0 bridgehead atoms. The summed E-state index contributed by atoms with van der Waals surface area (Å²) < 4.78 is 10.5. The van der Waals surface area contributed by atoms with E-state index in [1.807, 2.05) is 31.2 Å². The number of anilines is 1. The van der Waals surface area contributed by atoms with Crippen molar-refractivity contribution in [2.24, 2.45) is 5.92 Å². The number of nitrogens with one attached hydrogen (secondary N) is 1. The van der Waals surface area contributed by atoms with Crippen LogP contribution in [0.2, 0.25) is 0 Å². The van der Waals surface area contributed by atoms with E-state index in [0.29, 0.717) is 43.3 Å². The van der Waals surface area contributed by atoms with Crippen molar-refractivity contribution >= 4 is 17.6 Å². The van der Waals surface area contributed by atoms with E-state index in [4.69, 9.17) is 9.26 Å². The third kappa shape index (κ3) is 4.62.